The van der Waals surface area contributed by atoms with Crippen LogP contribution in [0.25, 0.3) is 0 Å². The Morgan fingerprint density at radius 2 is 2.10 bits per heavy atom. The van der Waals surface area contributed by atoms with E-state index < -0.39 is 0 Å². The number of rotatable bonds is 5. The summed E-state index contributed by atoms with van der Waals surface area (Å²) >= 11 is 7.27. The summed E-state index contributed by atoms with van der Waals surface area (Å²) in [5.41, 5.74) is 1.77. The van der Waals surface area contributed by atoms with E-state index in [2.05, 4.69) is 15.6 Å². The number of aryl methyl sites for hydroxylation is 1. The van der Waals surface area contributed by atoms with Gasteiger partial charge in [-0.3, -0.25) is 4.79 Å². The molecule has 2 N–H and O–H groups in total. The van der Waals surface area contributed by atoms with E-state index in [4.69, 9.17) is 11.6 Å². The number of thiazole rings is 1. The highest BCUT2D eigenvalue weighted by molar-refractivity contribution is 7.13. The third-order valence-electron chi connectivity index (χ3n) is 2.76. The highest BCUT2D eigenvalue weighted by Gasteiger charge is 2.17. The Morgan fingerprint density at radius 1 is 1.40 bits per heavy atom. The summed E-state index contributed by atoms with van der Waals surface area (Å²) in [6.07, 6.45) is 0.679. The van der Waals surface area contributed by atoms with E-state index in [1.165, 1.54) is 11.3 Å². The molecule has 106 valence electrons. The van der Waals surface area contributed by atoms with Gasteiger partial charge in [-0.1, -0.05) is 18.5 Å². The third-order valence-corrected chi connectivity index (χ3v) is 3.89. The molecule has 0 aliphatic rings. The van der Waals surface area contributed by atoms with Crippen LogP contribution in [0.1, 0.15) is 19.0 Å². The van der Waals surface area contributed by atoms with Crippen molar-refractivity contribution >= 4 is 39.7 Å². The number of hydrogen-bond donors (Lipinski definition) is 2. The van der Waals surface area contributed by atoms with Crippen molar-refractivity contribution in [2.75, 3.05) is 10.6 Å². The zero-order valence-corrected chi connectivity index (χ0v) is 12.9. The Labute approximate surface area is 127 Å². The van der Waals surface area contributed by atoms with E-state index in [1.54, 1.807) is 12.1 Å². The highest BCUT2D eigenvalue weighted by atomic mass is 35.5. The van der Waals surface area contributed by atoms with Gasteiger partial charge in [0.2, 0.25) is 5.91 Å². The Hall–Kier alpha value is -1.59. The first-order valence-corrected chi connectivity index (χ1v) is 7.59. The average molecular weight is 310 g/mol. The molecule has 2 rings (SSSR count). The van der Waals surface area contributed by atoms with Crippen LogP contribution < -0.4 is 10.6 Å². The van der Waals surface area contributed by atoms with Crippen molar-refractivity contribution in [2.45, 2.75) is 26.3 Å². The summed E-state index contributed by atoms with van der Waals surface area (Å²) < 4.78 is 0. The molecule has 2 aromatic rings. The number of aromatic nitrogens is 1. The van der Waals surface area contributed by atoms with Gasteiger partial charge in [0, 0.05) is 16.1 Å². The van der Waals surface area contributed by atoms with E-state index in [0.717, 1.165) is 11.4 Å². The Kier molecular flexibility index (Phi) is 4.98. The van der Waals surface area contributed by atoms with E-state index in [9.17, 15) is 4.79 Å². The molecule has 20 heavy (non-hydrogen) atoms. The highest BCUT2D eigenvalue weighted by Crippen LogP contribution is 2.17. The summed E-state index contributed by atoms with van der Waals surface area (Å²) in [6, 6.07) is 6.98. The lowest BCUT2D eigenvalue weighted by atomic mass is 10.2. The number of carbonyl (C=O) groups is 1. The maximum atomic E-state index is 12.2. The molecule has 1 atom stereocenters. The lowest BCUT2D eigenvalue weighted by Gasteiger charge is -2.17. The maximum absolute atomic E-state index is 12.2. The minimum atomic E-state index is -0.305. The molecule has 1 aromatic carbocycles. The number of nitrogens with one attached hydrogen (secondary N) is 2. The van der Waals surface area contributed by atoms with Crippen LogP contribution in [-0.2, 0) is 4.79 Å². The number of nitrogens with zero attached hydrogens (tertiary/aromatic N) is 1. The van der Waals surface area contributed by atoms with Gasteiger partial charge in [0.1, 0.15) is 6.04 Å². The number of halogens is 1. The zero-order valence-electron chi connectivity index (χ0n) is 11.3. The summed E-state index contributed by atoms with van der Waals surface area (Å²) in [5, 5.41) is 9.22. The molecule has 6 heteroatoms. The maximum Gasteiger partial charge on any atom is 0.248 e. The van der Waals surface area contributed by atoms with Crippen molar-refractivity contribution in [3.05, 3.63) is 40.4 Å². The monoisotopic (exact) mass is 309 g/mol. The van der Waals surface area contributed by atoms with E-state index in [1.807, 2.05) is 31.4 Å². The van der Waals surface area contributed by atoms with Crippen LogP contribution in [0.3, 0.4) is 0 Å². The lowest BCUT2D eigenvalue weighted by molar-refractivity contribution is -0.116. The molecule has 1 heterocycles. The largest absolute Gasteiger partial charge is 0.374 e. The van der Waals surface area contributed by atoms with Gasteiger partial charge >= 0.3 is 0 Å². The Bertz CT molecular complexity index is 582. The van der Waals surface area contributed by atoms with Crippen LogP contribution >= 0.6 is 22.9 Å². The number of hydrogen-bond acceptors (Lipinski definition) is 4. The molecule has 4 nitrogen and oxygen atoms in total. The first kappa shape index (κ1) is 14.8. The number of anilines is 2. The van der Waals surface area contributed by atoms with Gasteiger partial charge in [-0.15, -0.1) is 11.3 Å². The molecular formula is C14H16ClN3OS. The topological polar surface area (TPSA) is 54.0 Å². The van der Waals surface area contributed by atoms with Gasteiger partial charge in [0.15, 0.2) is 5.13 Å². The molecule has 0 aliphatic carbocycles. The fourth-order valence-electron chi connectivity index (χ4n) is 1.70. The Balaban J connectivity index is 2.00. The van der Waals surface area contributed by atoms with Gasteiger partial charge in [-0.2, -0.15) is 0 Å². The second kappa shape index (κ2) is 6.72. The van der Waals surface area contributed by atoms with E-state index in [-0.39, 0.29) is 11.9 Å². The molecular weight excluding hydrogens is 294 g/mol. The SMILES string of the molecule is CC[C@@H](Nc1ccc(Cl)cc1)C(=O)Nc1nc(C)cs1. The predicted molar refractivity (Wildman–Crippen MR) is 84.6 cm³/mol. The fourth-order valence-corrected chi connectivity index (χ4v) is 2.52. The predicted octanol–water partition coefficient (Wildman–Crippen LogP) is 3.93. The van der Waals surface area contributed by atoms with Crippen LogP contribution in [0.4, 0.5) is 10.8 Å². The Morgan fingerprint density at radius 3 is 2.65 bits per heavy atom. The van der Waals surface area contributed by atoms with E-state index in [0.29, 0.717) is 16.6 Å². The first-order valence-electron chi connectivity index (χ1n) is 6.33. The standard InChI is InChI=1S/C14H16ClN3OS/c1-3-12(17-11-6-4-10(15)5-7-11)13(19)18-14-16-9(2)8-20-14/h4-8,12,17H,3H2,1-2H3,(H,16,18,19)/t12-/m1/s1. The van der Waals surface area contributed by atoms with Crippen LogP contribution in [0, 0.1) is 6.92 Å². The van der Waals surface area contributed by atoms with Crippen molar-refractivity contribution in [2.24, 2.45) is 0 Å². The quantitative estimate of drug-likeness (QED) is 0.879. The van der Waals surface area contributed by atoms with Gasteiger partial charge in [0.25, 0.3) is 0 Å². The zero-order chi connectivity index (χ0) is 14.5. The van der Waals surface area contributed by atoms with Crippen molar-refractivity contribution in [1.82, 2.24) is 4.98 Å². The lowest BCUT2D eigenvalue weighted by Crippen LogP contribution is -2.34. The fraction of sp³-hybridized carbons (Fsp3) is 0.286. The molecule has 0 saturated heterocycles. The second-order valence-electron chi connectivity index (χ2n) is 4.40. The molecule has 0 unspecified atom stereocenters. The van der Waals surface area contributed by atoms with Crippen LogP contribution in [0.15, 0.2) is 29.6 Å². The average Bonchev–Trinajstić information content (AvgIpc) is 2.83. The van der Waals surface area contributed by atoms with Crippen molar-refractivity contribution in [1.29, 1.82) is 0 Å². The van der Waals surface area contributed by atoms with Crippen molar-refractivity contribution in [3.8, 4) is 0 Å². The normalized spacial score (nSPS) is 11.9. The number of benzene rings is 1. The van der Waals surface area contributed by atoms with Crippen molar-refractivity contribution in [3.63, 3.8) is 0 Å². The van der Waals surface area contributed by atoms with Crippen LogP contribution in [0.2, 0.25) is 5.02 Å². The summed E-state index contributed by atoms with van der Waals surface area (Å²) in [7, 11) is 0. The van der Waals surface area contributed by atoms with Crippen LogP contribution in [0.5, 0.6) is 0 Å². The molecule has 0 saturated carbocycles. The third kappa shape index (κ3) is 3.95. The summed E-state index contributed by atoms with van der Waals surface area (Å²) in [6.45, 7) is 3.86. The van der Waals surface area contributed by atoms with Gasteiger partial charge < -0.3 is 10.6 Å². The van der Waals surface area contributed by atoms with E-state index >= 15 is 0 Å². The molecule has 0 spiro atoms. The smallest absolute Gasteiger partial charge is 0.248 e. The summed E-state index contributed by atoms with van der Waals surface area (Å²) in [4.78, 5) is 16.4. The molecule has 1 aromatic heterocycles. The molecule has 0 fully saturated rings. The molecule has 0 aliphatic heterocycles. The van der Waals surface area contributed by atoms with Gasteiger partial charge in [-0.05, 0) is 37.6 Å². The summed E-state index contributed by atoms with van der Waals surface area (Å²) in [5.74, 6) is -0.0863. The minimum Gasteiger partial charge on any atom is -0.374 e. The number of carbonyl (C=O) groups excluding carboxylic acids is 1. The first-order chi connectivity index (χ1) is 9.58. The van der Waals surface area contributed by atoms with Gasteiger partial charge in [-0.25, -0.2) is 4.98 Å². The number of amides is 1. The van der Waals surface area contributed by atoms with Crippen molar-refractivity contribution < 1.29 is 4.79 Å². The van der Waals surface area contributed by atoms with Crippen LogP contribution in [-0.4, -0.2) is 16.9 Å². The van der Waals surface area contributed by atoms with Gasteiger partial charge in [0.05, 0.1) is 5.69 Å². The molecule has 0 bridgehead atoms. The second-order valence-corrected chi connectivity index (χ2v) is 5.69. The minimum absolute atomic E-state index is 0.0863. The molecule has 0 radical (unpaired) electrons. The molecule has 1 amide bonds.